The zero-order chi connectivity index (χ0) is 15.5. The predicted molar refractivity (Wildman–Crippen MR) is 78.0 cm³/mol. The Morgan fingerprint density at radius 3 is 2.68 bits per heavy atom. The largest absolute Gasteiger partial charge is 0.322 e. The number of hydrogen-bond donors (Lipinski definition) is 3. The first-order chi connectivity index (χ1) is 10.6. The van der Waals surface area contributed by atoms with Crippen LogP contribution in [0.2, 0.25) is 0 Å². The van der Waals surface area contributed by atoms with E-state index in [1.807, 2.05) is 0 Å². The Morgan fingerprint density at radius 2 is 2.00 bits per heavy atom. The van der Waals surface area contributed by atoms with Crippen LogP contribution in [0.3, 0.4) is 0 Å². The first-order valence-corrected chi connectivity index (χ1v) is 6.57. The third-order valence-corrected chi connectivity index (χ3v) is 3.15. The van der Waals surface area contributed by atoms with Crippen molar-refractivity contribution in [3.63, 3.8) is 0 Å². The lowest BCUT2D eigenvalue weighted by atomic mass is 10.1. The quantitative estimate of drug-likeness (QED) is 0.741. The van der Waals surface area contributed by atoms with Crippen LogP contribution in [0.15, 0.2) is 48.7 Å². The maximum atomic E-state index is 12.0. The highest BCUT2D eigenvalue weighted by Crippen LogP contribution is 2.20. The van der Waals surface area contributed by atoms with Crippen molar-refractivity contribution in [3.8, 4) is 0 Å². The molecule has 110 valence electrons. The van der Waals surface area contributed by atoms with Crippen molar-refractivity contribution in [2.45, 2.75) is 6.04 Å². The molecule has 0 saturated carbocycles. The number of nitrogens with one attached hydrogen (secondary N) is 3. The number of carbonyl (C=O) groups excluding carboxylic acids is 3. The Morgan fingerprint density at radius 1 is 1.14 bits per heavy atom. The van der Waals surface area contributed by atoms with E-state index in [2.05, 4.69) is 20.9 Å². The lowest BCUT2D eigenvalue weighted by molar-refractivity contribution is -0.120. The molecular formula is C15H12N4O3. The van der Waals surface area contributed by atoms with Crippen LogP contribution in [0.5, 0.6) is 0 Å². The van der Waals surface area contributed by atoms with Gasteiger partial charge in [-0.3, -0.25) is 19.9 Å². The molecule has 1 aliphatic heterocycles. The van der Waals surface area contributed by atoms with E-state index >= 15 is 0 Å². The summed E-state index contributed by atoms with van der Waals surface area (Å²) in [5.74, 6) is -0.768. The van der Waals surface area contributed by atoms with Crippen LogP contribution in [-0.4, -0.2) is 22.8 Å². The second kappa shape index (κ2) is 5.65. The van der Waals surface area contributed by atoms with Gasteiger partial charge in [0.05, 0.1) is 0 Å². The number of pyridine rings is 1. The van der Waals surface area contributed by atoms with E-state index < -0.39 is 18.0 Å². The molecule has 1 aliphatic rings. The van der Waals surface area contributed by atoms with Crippen molar-refractivity contribution in [1.29, 1.82) is 0 Å². The highest BCUT2D eigenvalue weighted by atomic mass is 16.2. The lowest BCUT2D eigenvalue weighted by Gasteiger charge is -2.10. The van der Waals surface area contributed by atoms with E-state index in [1.165, 1.54) is 6.20 Å². The maximum Gasteiger partial charge on any atom is 0.322 e. The third kappa shape index (κ3) is 2.78. The summed E-state index contributed by atoms with van der Waals surface area (Å²) in [5, 5.41) is 7.37. The summed E-state index contributed by atoms with van der Waals surface area (Å²) in [6.07, 6.45) is 1.53. The van der Waals surface area contributed by atoms with Crippen molar-refractivity contribution in [2.24, 2.45) is 0 Å². The summed E-state index contributed by atoms with van der Waals surface area (Å²) >= 11 is 0. The fourth-order valence-electron chi connectivity index (χ4n) is 2.14. The van der Waals surface area contributed by atoms with Gasteiger partial charge in [0, 0.05) is 11.9 Å². The van der Waals surface area contributed by atoms with Gasteiger partial charge in [-0.2, -0.15) is 0 Å². The molecule has 4 amide bonds. The van der Waals surface area contributed by atoms with E-state index in [4.69, 9.17) is 0 Å². The topological polar surface area (TPSA) is 100 Å². The fraction of sp³-hybridized carbons (Fsp3) is 0.0667. The smallest absolute Gasteiger partial charge is 0.322 e. The molecule has 0 radical (unpaired) electrons. The molecule has 1 unspecified atom stereocenters. The molecule has 1 saturated heterocycles. The van der Waals surface area contributed by atoms with Crippen LogP contribution in [-0.2, 0) is 4.79 Å². The second-order valence-electron chi connectivity index (χ2n) is 4.69. The van der Waals surface area contributed by atoms with Gasteiger partial charge >= 0.3 is 6.03 Å². The van der Waals surface area contributed by atoms with Crippen LogP contribution in [0.25, 0.3) is 0 Å². The lowest BCUT2D eigenvalue weighted by Crippen LogP contribution is -2.22. The second-order valence-corrected chi connectivity index (χ2v) is 4.69. The maximum absolute atomic E-state index is 12.0. The summed E-state index contributed by atoms with van der Waals surface area (Å²) in [7, 11) is 0. The summed E-state index contributed by atoms with van der Waals surface area (Å²) in [6, 6.07) is 10.5. The fourth-order valence-corrected chi connectivity index (χ4v) is 2.14. The number of benzene rings is 1. The van der Waals surface area contributed by atoms with Crippen LogP contribution in [0.4, 0.5) is 10.5 Å². The average Bonchev–Trinajstić information content (AvgIpc) is 2.87. The minimum atomic E-state index is -0.751. The average molecular weight is 296 g/mol. The van der Waals surface area contributed by atoms with Crippen LogP contribution >= 0.6 is 0 Å². The van der Waals surface area contributed by atoms with Crippen LogP contribution in [0.1, 0.15) is 22.1 Å². The van der Waals surface area contributed by atoms with E-state index in [1.54, 1.807) is 42.5 Å². The highest BCUT2D eigenvalue weighted by Gasteiger charge is 2.30. The van der Waals surface area contributed by atoms with Gasteiger partial charge in [-0.1, -0.05) is 18.2 Å². The van der Waals surface area contributed by atoms with E-state index in [-0.39, 0.29) is 5.91 Å². The molecule has 0 bridgehead atoms. The number of carbonyl (C=O) groups is 3. The van der Waals surface area contributed by atoms with Gasteiger partial charge in [0.1, 0.15) is 11.7 Å². The molecule has 22 heavy (non-hydrogen) atoms. The van der Waals surface area contributed by atoms with E-state index in [9.17, 15) is 14.4 Å². The van der Waals surface area contributed by atoms with Crippen molar-refractivity contribution in [3.05, 3.63) is 59.9 Å². The summed E-state index contributed by atoms with van der Waals surface area (Å²) in [4.78, 5) is 38.8. The monoisotopic (exact) mass is 296 g/mol. The summed E-state index contributed by atoms with van der Waals surface area (Å²) < 4.78 is 0. The van der Waals surface area contributed by atoms with Gasteiger partial charge in [0.2, 0.25) is 0 Å². The Hall–Kier alpha value is -3.22. The molecule has 2 heterocycles. The first kappa shape index (κ1) is 13.7. The first-order valence-electron chi connectivity index (χ1n) is 6.57. The predicted octanol–water partition coefficient (Wildman–Crippen LogP) is 1.21. The number of amides is 4. The number of nitrogens with zero attached hydrogens (tertiary/aromatic N) is 1. The van der Waals surface area contributed by atoms with Gasteiger partial charge in [0.15, 0.2) is 0 Å². The SMILES string of the molecule is O=C1NC(=O)C(c2cccc(NC(=O)c3ccccn3)c2)N1. The molecule has 7 nitrogen and oxygen atoms in total. The Labute approximate surface area is 125 Å². The number of imide groups is 1. The van der Waals surface area contributed by atoms with Gasteiger partial charge in [0.25, 0.3) is 11.8 Å². The molecule has 0 aliphatic carbocycles. The zero-order valence-electron chi connectivity index (χ0n) is 11.4. The molecule has 1 atom stereocenters. The van der Waals surface area contributed by atoms with Gasteiger partial charge < -0.3 is 10.6 Å². The summed E-state index contributed by atoms with van der Waals surface area (Å²) in [5.41, 5.74) is 1.39. The van der Waals surface area contributed by atoms with Crippen molar-refractivity contribution in [1.82, 2.24) is 15.6 Å². The Balaban J connectivity index is 1.79. The van der Waals surface area contributed by atoms with Crippen molar-refractivity contribution < 1.29 is 14.4 Å². The van der Waals surface area contributed by atoms with Crippen molar-refractivity contribution in [2.75, 3.05) is 5.32 Å². The molecule has 3 rings (SSSR count). The highest BCUT2D eigenvalue weighted by molar-refractivity contribution is 6.05. The summed E-state index contributed by atoms with van der Waals surface area (Å²) in [6.45, 7) is 0. The number of aromatic nitrogens is 1. The van der Waals surface area contributed by atoms with E-state index in [0.717, 1.165) is 0 Å². The molecule has 1 aromatic heterocycles. The zero-order valence-corrected chi connectivity index (χ0v) is 11.4. The molecule has 7 heteroatoms. The molecule has 1 fully saturated rings. The molecule has 1 aromatic carbocycles. The number of anilines is 1. The van der Waals surface area contributed by atoms with Gasteiger partial charge in [-0.25, -0.2) is 4.79 Å². The number of rotatable bonds is 3. The molecule has 2 aromatic rings. The number of hydrogen-bond acceptors (Lipinski definition) is 4. The van der Waals surface area contributed by atoms with Crippen LogP contribution in [0, 0.1) is 0 Å². The van der Waals surface area contributed by atoms with Gasteiger partial charge in [-0.15, -0.1) is 0 Å². The van der Waals surface area contributed by atoms with Crippen LogP contribution < -0.4 is 16.0 Å². The molecule has 3 N–H and O–H groups in total. The number of urea groups is 1. The Bertz CT molecular complexity index is 745. The van der Waals surface area contributed by atoms with E-state index in [0.29, 0.717) is 16.9 Å². The minimum absolute atomic E-state index is 0.291. The van der Waals surface area contributed by atoms with Gasteiger partial charge in [-0.05, 0) is 29.8 Å². The molecule has 0 spiro atoms. The third-order valence-electron chi connectivity index (χ3n) is 3.15. The minimum Gasteiger partial charge on any atom is -0.322 e. The Kier molecular flexibility index (Phi) is 3.53. The molecular weight excluding hydrogens is 284 g/mol. The van der Waals surface area contributed by atoms with Crippen molar-refractivity contribution >= 4 is 23.5 Å². The standard InChI is InChI=1S/C15H12N4O3/c20-13(11-6-1-2-7-16-11)17-10-5-3-4-9(8-10)12-14(21)19-15(22)18-12/h1-8,12H,(H,17,20)(H2,18,19,21,22). The normalized spacial score (nSPS) is 16.8.